The van der Waals surface area contributed by atoms with Crippen molar-refractivity contribution in [2.24, 2.45) is 11.8 Å². The first-order chi connectivity index (χ1) is 15.6. The molecule has 2 atom stereocenters. The van der Waals surface area contributed by atoms with E-state index in [4.69, 9.17) is 9.47 Å². The summed E-state index contributed by atoms with van der Waals surface area (Å²) in [5.74, 6) is 2.10. The maximum absolute atomic E-state index is 11.8. The summed E-state index contributed by atoms with van der Waals surface area (Å²) < 4.78 is 12.5. The number of hydrogen-bond acceptors (Lipinski definition) is 4. The van der Waals surface area contributed by atoms with E-state index in [1.807, 2.05) is 12.1 Å². The molecule has 0 N–H and O–H groups in total. The molecule has 0 heterocycles. The van der Waals surface area contributed by atoms with Gasteiger partial charge in [0.15, 0.2) is 12.6 Å². The van der Waals surface area contributed by atoms with Crippen molar-refractivity contribution in [2.75, 3.05) is 13.2 Å². The minimum absolute atomic E-state index is 0.457. The highest BCUT2D eigenvalue weighted by molar-refractivity contribution is 6.02. The number of rotatable bonds is 16. The van der Waals surface area contributed by atoms with E-state index in [1.54, 1.807) is 12.1 Å². The molecule has 0 amide bonds. The van der Waals surface area contributed by atoms with Gasteiger partial charge in [-0.15, -0.1) is 0 Å². The van der Waals surface area contributed by atoms with Crippen LogP contribution in [0.15, 0.2) is 24.3 Å². The molecule has 2 aromatic carbocycles. The number of hydrogen-bond donors (Lipinski definition) is 0. The van der Waals surface area contributed by atoms with Gasteiger partial charge in [0.25, 0.3) is 0 Å². The summed E-state index contributed by atoms with van der Waals surface area (Å²) in [6, 6.07) is 7.28. The lowest BCUT2D eigenvalue weighted by atomic mass is 9.99. The smallest absolute Gasteiger partial charge is 0.153 e. The van der Waals surface area contributed by atoms with Crippen LogP contribution in [0.2, 0.25) is 0 Å². The minimum Gasteiger partial charge on any atom is -0.492 e. The van der Waals surface area contributed by atoms with Crippen LogP contribution in [0.5, 0.6) is 11.5 Å². The summed E-state index contributed by atoms with van der Waals surface area (Å²) >= 11 is 0. The van der Waals surface area contributed by atoms with Crippen molar-refractivity contribution in [1.29, 1.82) is 0 Å². The van der Waals surface area contributed by atoms with Gasteiger partial charge in [0.05, 0.1) is 24.3 Å². The van der Waals surface area contributed by atoms with E-state index in [0.717, 1.165) is 61.9 Å². The normalized spacial score (nSPS) is 13.0. The van der Waals surface area contributed by atoms with Crippen LogP contribution in [0.4, 0.5) is 0 Å². The first-order valence-corrected chi connectivity index (χ1v) is 12.4. The van der Waals surface area contributed by atoms with E-state index in [9.17, 15) is 9.59 Å². The molecule has 4 nitrogen and oxygen atoms in total. The molecule has 0 bridgehead atoms. The maximum atomic E-state index is 11.8. The molecule has 0 aliphatic heterocycles. The highest BCUT2D eigenvalue weighted by Gasteiger charge is 2.18. The molecule has 2 unspecified atom stereocenters. The van der Waals surface area contributed by atoms with Gasteiger partial charge in [-0.25, -0.2) is 0 Å². The first kappa shape index (κ1) is 25.9. The second-order valence-corrected chi connectivity index (χ2v) is 8.75. The van der Waals surface area contributed by atoms with Gasteiger partial charge in [0, 0.05) is 10.8 Å². The van der Waals surface area contributed by atoms with Crippen molar-refractivity contribution < 1.29 is 19.1 Å². The fraction of sp³-hybridized carbons (Fsp3) is 0.571. The lowest BCUT2D eigenvalue weighted by Crippen LogP contribution is -2.13. The molecule has 0 saturated carbocycles. The van der Waals surface area contributed by atoms with Crippen molar-refractivity contribution in [3.05, 3.63) is 35.4 Å². The van der Waals surface area contributed by atoms with E-state index in [0.29, 0.717) is 47.7 Å². The van der Waals surface area contributed by atoms with Gasteiger partial charge < -0.3 is 9.47 Å². The van der Waals surface area contributed by atoms with Gasteiger partial charge in [0.1, 0.15) is 11.5 Å². The summed E-state index contributed by atoms with van der Waals surface area (Å²) in [4.78, 5) is 23.5. The van der Waals surface area contributed by atoms with Crippen molar-refractivity contribution >= 4 is 23.3 Å². The molecule has 32 heavy (non-hydrogen) atoms. The van der Waals surface area contributed by atoms with Gasteiger partial charge >= 0.3 is 0 Å². The molecular formula is C28H40O4. The van der Waals surface area contributed by atoms with Crippen LogP contribution in [0.3, 0.4) is 0 Å². The van der Waals surface area contributed by atoms with E-state index in [2.05, 4.69) is 27.7 Å². The highest BCUT2D eigenvalue weighted by atomic mass is 16.5. The third kappa shape index (κ3) is 6.82. The van der Waals surface area contributed by atoms with Gasteiger partial charge in [-0.05, 0) is 48.9 Å². The monoisotopic (exact) mass is 440 g/mol. The van der Waals surface area contributed by atoms with Crippen LogP contribution < -0.4 is 9.47 Å². The van der Waals surface area contributed by atoms with Crippen molar-refractivity contribution in [1.82, 2.24) is 0 Å². The molecule has 0 radical (unpaired) electrons. The third-order valence-corrected chi connectivity index (χ3v) is 6.43. The van der Waals surface area contributed by atoms with Gasteiger partial charge in [-0.3, -0.25) is 9.59 Å². The number of benzene rings is 2. The Morgan fingerprint density at radius 2 is 1.09 bits per heavy atom. The second-order valence-electron chi connectivity index (χ2n) is 8.75. The molecule has 4 heteroatoms. The fourth-order valence-electron chi connectivity index (χ4n) is 4.09. The molecule has 2 rings (SSSR count). The molecule has 2 aromatic rings. The maximum Gasteiger partial charge on any atom is 0.153 e. The lowest BCUT2D eigenvalue weighted by molar-refractivity contribution is 0.111. The van der Waals surface area contributed by atoms with Crippen LogP contribution in [-0.4, -0.2) is 25.8 Å². The van der Waals surface area contributed by atoms with Crippen molar-refractivity contribution in [2.45, 2.75) is 79.1 Å². The largest absolute Gasteiger partial charge is 0.492 e. The highest BCUT2D eigenvalue weighted by Crippen LogP contribution is 2.37. The zero-order valence-corrected chi connectivity index (χ0v) is 20.3. The Hall–Kier alpha value is -2.36. The lowest BCUT2D eigenvalue weighted by Gasteiger charge is -2.20. The zero-order valence-electron chi connectivity index (χ0n) is 20.3. The van der Waals surface area contributed by atoms with Gasteiger partial charge in [-0.1, -0.05) is 66.2 Å². The number of fused-ring (bicyclic) bond motifs is 1. The standard InChI is InChI=1S/C28H40O4/c1-5-9-11-21(7-3)19-31-27-23(17-29)13-16-26-25(27)15-14-24(18-30)28(26)32-20-22(8-4)12-10-6-2/h13-18,21-22H,5-12,19-20H2,1-4H3. The average Bonchev–Trinajstić information content (AvgIpc) is 2.83. The molecule has 0 spiro atoms. The van der Waals surface area contributed by atoms with E-state index in [-0.39, 0.29) is 0 Å². The summed E-state index contributed by atoms with van der Waals surface area (Å²) in [6.45, 7) is 9.91. The number of carbonyl (C=O) groups is 2. The van der Waals surface area contributed by atoms with E-state index >= 15 is 0 Å². The second kappa shape index (κ2) is 13.9. The van der Waals surface area contributed by atoms with Gasteiger partial charge in [-0.2, -0.15) is 0 Å². The summed E-state index contributed by atoms with van der Waals surface area (Å²) in [6.07, 6.45) is 10.7. The Morgan fingerprint density at radius 3 is 1.41 bits per heavy atom. The fourth-order valence-corrected chi connectivity index (χ4v) is 4.09. The predicted molar refractivity (Wildman–Crippen MR) is 132 cm³/mol. The van der Waals surface area contributed by atoms with Crippen LogP contribution >= 0.6 is 0 Å². The first-order valence-electron chi connectivity index (χ1n) is 12.4. The van der Waals surface area contributed by atoms with Crippen LogP contribution in [0.1, 0.15) is 99.8 Å². The SMILES string of the molecule is CCCCC(CC)COc1c(C=O)ccc2c(OCC(CC)CCCC)c(C=O)ccc12. The summed E-state index contributed by atoms with van der Waals surface area (Å²) in [5, 5.41) is 1.64. The minimum atomic E-state index is 0.457. The molecule has 0 aliphatic carbocycles. The predicted octanol–water partition coefficient (Wildman–Crippen LogP) is 7.66. The van der Waals surface area contributed by atoms with E-state index < -0.39 is 0 Å². The summed E-state index contributed by atoms with van der Waals surface area (Å²) in [5.41, 5.74) is 1.06. The molecule has 0 fully saturated rings. The van der Waals surface area contributed by atoms with Crippen LogP contribution in [0.25, 0.3) is 10.8 Å². The van der Waals surface area contributed by atoms with Crippen molar-refractivity contribution in [3.8, 4) is 11.5 Å². The van der Waals surface area contributed by atoms with Crippen LogP contribution in [-0.2, 0) is 0 Å². The Morgan fingerprint density at radius 1 is 0.688 bits per heavy atom. The Bertz CT molecular complexity index is 787. The summed E-state index contributed by atoms with van der Waals surface area (Å²) in [7, 11) is 0. The topological polar surface area (TPSA) is 52.6 Å². The third-order valence-electron chi connectivity index (χ3n) is 6.43. The molecular weight excluding hydrogens is 400 g/mol. The van der Waals surface area contributed by atoms with Crippen LogP contribution in [0, 0.1) is 11.8 Å². The van der Waals surface area contributed by atoms with Crippen molar-refractivity contribution in [3.63, 3.8) is 0 Å². The molecule has 0 aromatic heterocycles. The Balaban J connectivity index is 2.38. The Kier molecular flexibility index (Phi) is 11.3. The van der Waals surface area contributed by atoms with E-state index in [1.165, 1.54) is 12.8 Å². The quantitative estimate of drug-likeness (QED) is 0.251. The number of unbranched alkanes of at least 4 members (excludes halogenated alkanes) is 2. The van der Waals surface area contributed by atoms with Gasteiger partial charge in [0.2, 0.25) is 0 Å². The number of ether oxygens (including phenoxy) is 2. The number of carbonyl (C=O) groups excluding carboxylic acids is 2. The molecule has 176 valence electrons. The molecule has 0 aliphatic rings. The Labute approximate surface area is 193 Å². The number of aldehydes is 2. The molecule has 0 saturated heterocycles. The zero-order chi connectivity index (χ0) is 23.3. The average molecular weight is 441 g/mol.